The third-order valence-electron chi connectivity index (χ3n) is 4.35. The van der Waals surface area contributed by atoms with Crippen molar-refractivity contribution in [2.24, 2.45) is 5.73 Å². The Kier molecular flexibility index (Phi) is 2.31. The quantitative estimate of drug-likeness (QED) is 0.633. The van der Waals surface area contributed by atoms with Gasteiger partial charge in [0.25, 0.3) is 0 Å². The second-order valence-corrected chi connectivity index (χ2v) is 5.54. The van der Waals surface area contributed by atoms with E-state index in [0.717, 1.165) is 27.6 Å². The van der Waals surface area contributed by atoms with E-state index in [1.165, 1.54) is 0 Å². The number of rotatable bonds is 1. The van der Waals surface area contributed by atoms with Gasteiger partial charge in [-0.15, -0.1) is 0 Å². The van der Waals surface area contributed by atoms with E-state index < -0.39 is 5.60 Å². The smallest absolute Gasteiger partial charge is 0.117 e. The maximum absolute atomic E-state index is 11.2. The highest BCUT2D eigenvalue weighted by molar-refractivity contribution is 5.80. The highest BCUT2D eigenvalue weighted by Crippen LogP contribution is 2.46. The second-order valence-electron chi connectivity index (χ2n) is 5.54. The first kappa shape index (κ1) is 11.7. The second kappa shape index (κ2) is 3.95. The number of H-pyrrole nitrogens is 1. The lowest BCUT2D eigenvalue weighted by Gasteiger charge is -2.25. The minimum absolute atomic E-state index is 0.113. The van der Waals surface area contributed by atoms with E-state index in [2.05, 4.69) is 4.98 Å². The lowest BCUT2D eigenvalue weighted by molar-refractivity contribution is 0.0778. The maximum atomic E-state index is 11.2. The van der Waals surface area contributed by atoms with Crippen molar-refractivity contribution in [1.29, 1.82) is 0 Å². The van der Waals surface area contributed by atoms with Gasteiger partial charge in [-0.2, -0.15) is 0 Å². The van der Waals surface area contributed by atoms with Gasteiger partial charge in [0.05, 0.1) is 0 Å². The summed E-state index contributed by atoms with van der Waals surface area (Å²) in [4.78, 5) is 3.17. The van der Waals surface area contributed by atoms with E-state index in [1.807, 2.05) is 54.7 Å². The van der Waals surface area contributed by atoms with Crippen molar-refractivity contribution in [3.8, 4) is 0 Å². The molecule has 4 rings (SSSR count). The predicted octanol–water partition coefficient (Wildman–Crippen LogP) is 2.81. The van der Waals surface area contributed by atoms with E-state index >= 15 is 0 Å². The zero-order chi connectivity index (χ0) is 13.7. The topological polar surface area (TPSA) is 62.0 Å². The van der Waals surface area contributed by atoms with Crippen molar-refractivity contribution in [3.63, 3.8) is 0 Å². The summed E-state index contributed by atoms with van der Waals surface area (Å²) in [7, 11) is 0. The molecule has 100 valence electrons. The molecule has 0 aliphatic heterocycles. The molecule has 1 heterocycles. The average Bonchev–Trinajstić information content (AvgIpc) is 3.03. The van der Waals surface area contributed by atoms with Gasteiger partial charge >= 0.3 is 0 Å². The maximum Gasteiger partial charge on any atom is 0.117 e. The Bertz CT molecular complexity index is 792. The molecule has 0 radical (unpaired) electrons. The summed E-state index contributed by atoms with van der Waals surface area (Å²) in [6.07, 6.45) is 2.44. The number of aromatic nitrogens is 1. The number of nitrogens with two attached hydrogens (primary N) is 1. The van der Waals surface area contributed by atoms with Crippen LogP contribution < -0.4 is 5.73 Å². The molecule has 2 aromatic carbocycles. The number of hydrogen-bond acceptors (Lipinski definition) is 2. The highest BCUT2D eigenvalue weighted by atomic mass is 16.3. The number of aliphatic hydroxyl groups is 1. The SMILES string of the molecule is NC1CC(O)(c2ccc3[nH]ccc3c2)c2ccccc21. The molecular formula is C17H16N2O. The standard InChI is InChI=1S/C17H16N2O/c18-15-10-17(20,14-4-2-1-3-13(14)15)12-5-6-16-11(9-12)7-8-19-16/h1-9,15,19-20H,10,18H2. The third-order valence-corrected chi connectivity index (χ3v) is 4.35. The Hall–Kier alpha value is -2.10. The van der Waals surface area contributed by atoms with Crippen LogP contribution in [0.5, 0.6) is 0 Å². The molecule has 0 fully saturated rings. The molecule has 0 saturated heterocycles. The van der Waals surface area contributed by atoms with Gasteiger partial charge < -0.3 is 15.8 Å². The number of hydrogen-bond donors (Lipinski definition) is 3. The van der Waals surface area contributed by atoms with E-state index in [-0.39, 0.29) is 6.04 Å². The zero-order valence-corrected chi connectivity index (χ0v) is 11.0. The van der Waals surface area contributed by atoms with E-state index in [9.17, 15) is 5.11 Å². The normalized spacial score (nSPS) is 25.0. The molecule has 3 nitrogen and oxygen atoms in total. The zero-order valence-electron chi connectivity index (χ0n) is 11.0. The minimum Gasteiger partial charge on any atom is -0.380 e. The summed E-state index contributed by atoms with van der Waals surface area (Å²) in [6.45, 7) is 0. The molecule has 2 unspecified atom stereocenters. The monoisotopic (exact) mass is 264 g/mol. The lowest BCUT2D eigenvalue weighted by atomic mass is 9.87. The summed E-state index contributed by atoms with van der Waals surface area (Å²) in [5.74, 6) is 0. The van der Waals surface area contributed by atoms with Gasteiger partial charge in [0, 0.05) is 24.2 Å². The van der Waals surface area contributed by atoms with Crippen molar-refractivity contribution in [2.75, 3.05) is 0 Å². The van der Waals surface area contributed by atoms with Crippen LogP contribution in [0.1, 0.15) is 29.2 Å². The van der Waals surface area contributed by atoms with Gasteiger partial charge in [0.15, 0.2) is 0 Å². The van der Waals surface area contributed by atoms with Crippen molar-refractivity contribution in [2.45, 2.75) is 18.1 Å². The molecule has 1 aliphatic carbocycles. The van der Waals surface area contributed by atoms with Gasteiger partial charge in [-0.25, -0.2) is 0 Å². The van der Waals surface area contributed by atoms with Crippen molar-refractivity contribution in [1.82, 2.24) is 4.98 Å². The Morgan fingerprint density at radius 2 is 2.00 bits per heavy atom. The fourth-order valence-corrected chi connectivity index (χ4v) is 3.32. The highest BCUT2D eigenvalue weighted by Gasteiger charge is 2.42. The summed E-state index contributed by atoms with van der Waals surface area (Å²) >= 11 is 0. The lowest BCUT2D eigenvalue weighted by Crippen LogP contribution is -2.25. The first-order valence-electron chi connectivity index (χ1n) is 6.83. The van der Waals surface area contributed by atoms with Crippen molar-refractivity contribution in [3.05, 3.63) is 71.4 Å². The Morgan fingerprint density at radius 1 is 1.15 bits per heavy atom. The summed E-state index contributed by atoms with van der Waals surface area (Å²) in [5, 5.41) is 12.3. The first-order chi connectivity index (χ1) is 9.68. The molecule has 2 atom stereocenters. The number of benzene rings is 2. The number of aromatic amines is 1. The first-order valence-corrected chi connectivity index (χ1v) is 6.83. The molecule has 3 heteroatoms. The van der Waals surface area contributed by atoms with E-state index in [1.54, 1.807) is 0 Å². The molecule has 0 saturated carbocycles. The fourth-order valence-electron chi connectivity index (χ4n) is 3.32. The van der Waals surface area contributed by atoms with Crippen LogP contribution in [0.3, 0.4) is 0 Å². The third kappa shape index (κ3) is 1.48. The molecule has 3 aromatic rings. The van der Waals surface area contributed by atoms with E-state index in [0.29, 0.717) is 6.42 Å². The Balaban J connectivity index is 1.92. The summed E-state index contributed by atoms with van der Waals surface area (Å²) < 4.78 is 0. The van der Waals surface area contributed by atoms with Crippen LogP contribution in [-0.2, 0) is 5.60 Å². The van der Waals surface area contributed by atoms with Crippen LogP contribution in [0.25, 0.3) is 10.9 Å². The van der Waals surface area contributed by atoms with Crippen LogP contribution in [0.2, 0.25) is 0 Å². The molecule has 4 N–H and O–H groups in total. The molecule has 1 aliphatic rings. The number of nitrogens with one attached hydrogen (secondary N) is 1. The molecule has 0 amide bonds. The molecule has 0 spiro atoms. The Labute approximate surface area is 117 Å². The van der Waals surface area contributed by atoms with Gasteiger partial charge in [-0.05, 0) is 40.3 Å². The van der Waals surface area contributed by atoms with Gasteiger partial charge in [-0.3, -0.25) is 0 Å². The van der Waals surface area contributed by atoms with Crippen LogP contribution in [0, 0.1) is 0 Å². The van der Waals surface area contributed by atoms with Crippen LogP contribution in [-0.4, -0.2) is 10.1 Å². The van der Waals surface area contributed by atoms with Crippen LogP contribution in [0.4, 0.5) is 0 Å². The molecule has 20 heavy (non-hydrogen) atoms. The van der Waals surface area contributed by atoms with Crippen molar-refractivity contribution < 1.29 is 5.11 Å². The van der Waals surface area contributed by atoms with Crippen LogP contribution in [0.15, 0.2) is 54.7 Å². The molecule has 1 aromatic heterocycles. The van der Waals surface area contributed by atoms with Crippen molar-refractivity contribution >= 4 is 10.9 Å². The predicted molar refractivity (Wildman–Crippen MR) is 79.3 cm³/mol. The molecular weight excluding hydrogens is 248 g/mol. The summed E-state index contributed by atoms with van der Waals surface area (Å²) in [5.41, 5.74) is 9.16. The van der Waals surface area contributed by atoms with E-state index in [4.69, 9.17) is 5.73 Å². The Morgan fingerprint density at radius 3 is 2.90 bits per heavy atom. The number of fused-ring (bicyclic) bond motifs is 2. The van der Waals surface area contributed by atoms with Crippen LogP contribution >= 0.6 is 0 Å². The van der Waals surface area contributed by atoms with Gasteiger partial charge in [0.2, 0.25) is 0 Å². The van der Waals surface area contributed by atoms with Gasteiger partial charge in [0.1, 0.15) is 5.60 Å². The molecule has 0 bridgehead atoms. The minimum atomic E-state index is -0.985. The fraction of sp³-hybridized carbons (Fsp3) is 0.176. The average molecular weight is 264 g/mol. The summed E-state index contributed by atoms with van der Waals surface area (Å²) in [6, 6.07) is 15.8. The van der Waals surface area contributed by atoms with Gasteiger partial charge in [-0.1, -0.05) is 30.3 Å². The largest absolute Gasteiger partial charge is 0.380 e.